The van der Waals surface area contributed by atoms with E-state index < -0.39 is 10.8 Å². The molecule has 0 unspecified atom stereocenters. The maximum Gasteiger partial charge on any atom is 0.348 e. The van der Waals surface area contributed by atoms with Gasteiger partial charge in [0.1, 0.15) is 5.69 Å². The van der Waals surface area contributed by atoms with E-state index in [4.69, 9.17) is 5.73 Å². The highest BCUT2D eigenvalue weighted by molar-refractivity contribution is 7.19. The van der Waals surface area contributed by atoms with Crippen molar-refractivity contribution in [2.45, 2.75) is 33.1 Å². The molecule has 0 bridgehead atoms. The fraction of sp³-hybridized carbons (Fsp3) is 0.389. The van der Waals surface area contributed by atoms with Crippen LogP contribution in [0.4, 0.5) is 21.5 Å². The van der Waals surface area contributed by atoms with Crippen molar-refractivity contribution < 1.29 is 14.5 Å². The molecule has 0 spiro atoms. The Hall–Kier alpha value is -3.05. The summed E-state index contributed by atoms with van der Waals surface area (Å²) in [6, 6.07) is 4.99. The first-order valence-electron chi connectivity index (χ1n) is 9.10. The molecule has 0 aliphatic carbocycles. The molecule has 0 radical (unpaired) electrons. The third-order valence-electron chi connectivity index (χ3n) is 3.94. The van der Waals surface area contributed by atoms with Gasteiger partial charge in [0, 0.05) is 19.2 Å². The number of carbonyl (C=O) groups excluding carboxylic acids is 2. The Labute approximate surface area is 172 Å². The molecule has 0 fully saturated rings. The van der Waals surface area contributed by atoms with E-state index in [1.54, 1.807) is 18.2 Å². The SMILES string of the molecule is CC(=O)Nc1cc(NCCCCCN)ccc1C(=O)Nc1nc(C)c([N+](=O)[O-])s1. The summed E-state index contributed by atoms with van der Waals surface area (Å²) in [6.45, 7) is 4.26. The molecule has 0 atom stereocenters. The first-order valence-corrected chi connectivity index (χ1v) is 9.92. The Morgan fingerprint density at radius 3 is 2.62 bits per heavy atom. The van der Waals surface area contributed by atoms with Gasteiger partial charge < -0.3 is 16.4 Å². The van der Waals surface area contributed by atoms with Gasteiger partial charge in [-0.2, -0.15) is 0 Å². The zero-order chi connectivity index (χ0) is 21.4. The maximum absolute atomic E-state index is 12.7. The second-order valence-corrected chi connectivity index (χ2v) is 7.32. The molecular formula is C18H24N6O4S. The summed E-state index contributed by atoms with van der Waals surface area (Å²) in [6.07, 6.45) is 2.94. The van der Waals surface area contributed by atoms with E-state index in [2.05, 4.69) is 20.9 Å². The summed E-state index contributed by atoms with van der Waals surface area (Å²) in [7, 11) is 0. The van der Waals surface area contributed by atoms with Gasteiger partial charge in [0.2, 0.25) is 5.91 Å². The average Bonchev–Trinajstić information content (AvgIpc) is 3.01. The monoisotopic (exact) mass is 420 g/mol. The predicted octanol–water partition coefficient (Wildman–Crippen LogP) is 3.11. The summed E-state index contributed by atoms with van der Waals surface area (Å²) in [4.78, 5) is 38.6. The van der Waals surface area contributed by atoms with Gasteiger partial charge in [-0.15, -0.1) is 0 Å². The summed E-state index contributed by atoms with van der Waals surface area (Å²) in [5.41, 5.74) is 7.03. The third-order valence-corrected chi connectivity index (χ3v) is 4.97. The second-order valence-electron chi connectivity index (χ2n) is 6.34. The van der Waals surface area contributed by atoms with Crippen LogP contribution in [-0.2, 0) is 4.79 Å². The van der Waals surface area contributed by atoms with Gasteiger partial charge in [0.15, 0.2) is 5.13 Å². The van der Waals surface area contributed by atoms with Crippen molar-refractivity contribution in [3.63, 3.8) is 0 Å². The first-order chi connectivity index (χ1) is 13.8. The van der Waals surface area contributed by atoms with E-state index >= 15 is 0 Å². The van der Waals surface area contributed by atoms with Crippen molar-refractivity contribution in [2.75, 3.05) is 29.0 Å². The fourth-order valence-electron chi connectivity index (χ4n) is 2.60. The number of nitro groups is 1. The fourth-order valence-corrected chi connectivity index (χ4v) is 3.38. The molecule has 0 aliphatic rings. The van der Waals surface area contributed by atoms with Crippen molar-refractivity contribution in [2.24, 2.45) is 5.73 Å². The van der Waals surface area contributed by atoms with E-state index in [1.807, 2.05) is 0 Å². The average molecular weight is 420 g/mol. The first kappa shape index (κ1) is 22.2. The number of benzene rings is 1. The molecule has 2 rings (SSSR count). The van der Waals surface area contributed by atoms with Gasteiger partial charge >= 0.3 is 5.00 Å². The molecule has 29 heavy (non-hydrogen) atoms. The molecule has 0 saturated carbocycles. The Balaban J connectivity index is 2.15. The normalized spacial score (nSPS) is 10.4. The Kier molecular flexibility index (Phi) is 8.04. The van der Waals surface area contributed by atoms with Crippen molar-refractivity contribution >= 4 is 44.7 Å². The van der Waals surface area contributed by atoms with Gasteiger partial charge in [-0.25, -0.2) is 4.98 Å². The largest absolute Gasteiger partial charge is 0.385 e. The van der Waals surface area contributed by atoms with Crippen LogP contribution in [0.3, 0.4) is 0 Å². The van der Waals surface area contributed by atoms with Gasteiger partial charge in [0.25, 0.3) is 5.91 Å². The molecule has 5 N–H and O–H groups in total. The number of hydrogen-bond acceptors (Lipinski definition) is 8. The number of aromatic nitrogens is 1. The minimum Gasteiger partial charge on any atom is -0.385 e. The molecule has 1 aromatic heterocycles. The van der Waals surface area contributed by atoms with Crippen molar-refractivity contribution in [1.82, 2.24) is 4.98 Å². The molecule has 0 saturated heterocycles. The van der Waals surface area contributed by atoms with Gasteiger partial charge in [0.05, 0.1) is 16.2 Å². The quantitative estimate of drug-likeness (QED) is 0.262. The number of thiazole rings is 1. The highest BCUT2D eigenvalue weighted by Gasteiger charge is 2.20. The summed E-state index contributed by atoms with van der Waals surface area (Å²) < 4.78 is 0. The molecule has 0 aliphatic heterocycles. The van der Waals surface area contributed by atoms with E-state index in [0.717, 1.165) is 42.8 Å². The molecule has 1 aromatic carbocycles. The molecule has 2 amide bonds. The van der Waals surface area contributed by atoms with Gasteiger partial charge in [-0.3, -0.25) is 25.0 Å². The molecular weight excluding hydrogens is 396 g/mol. The van der Waals surface area contributed by atoms with E-state index in [9.17, 15) is 19.7 Å². The van der Waals surface area contributed by atoms with Crippen LogP contribution in [0, 0.1) is 17.0 Å². The highest BCUT2D eigenvalue weighted by atomic mass is 32.1. The second kappa shape index (κ2) is 10.5. The number of anilines is 3. The lowest BCUT2D eigenvalue weighted by Crippen LogP contribution is -2.17. The van der Waals surface area contributed by atoms with Crippen molar-refractivity contribution in [3.8, 4) is 0 Å². The van der Waals surface area contributed by atoms with Crippen molar-refractivity contribution in [3.05, 3.63) is 39.6 Å². The van der Waals surface area contributed by atoms with E-state index in [1.165, 1.54) is 13.8 Å². The number of nitrogens with one attached hydrogen (secondary N) is 3. The number of hydrogen-bond donors (Lipinski definition) is 4. The van der Waals surface area contributed by atoms with Crippen LogP contribution < -0.4 is 21.7 Å². The minimum atomic E-state index is -0.542. The van der Waals surface area contributed by atoms with Crippen molar-refractivity contribution in [1.29, 1.82) is 0 Å². The third kappa shape index (κ3) is 6.50. The summed E-state index contributed by atoms with van der Waals surface area (Å²) in [5.74, 6) is -0.841. The van der Waals surface area contributed by atoms with Gasteiger partial charge in [-0.05, 0) is 55.8 Å². The van der Waals surface area contributed by atoms with Crippen LogP contribution in [0.2, 0.25) is 0 Å². The Bertz CT molecular complexity index is 898. The van der Waals surface area contributed by atoms with E-state index in [-0.39, 0.29) is 27.3 Å². The molecule has 2 aromatic rings. The van der Waals surface area contributed by atoms with Crippen LogP contribution >= 0.6 is 11.3 Å². The number of aryl methyl sites for hydroxylation is 1. The lowest BCUT2D eigenvalue weighted by atomic mass is 10.1. The van der Waals surface area contributed by atoms with Crippen LogP contribution in [-0.4, -0.2) is 34.8 Å². The topological polar surface area (TPSA) is 152 Å². The highest BCUT2D eigenvalue weighted by Crippen LogP contribution is 2.30. The predicted molar refractivity (Wildman–Crippen MR) is 114 cm³/mol. The lowest BCUT2D eigenvalue weighted by Gasteiger charge is -2.13. The standard InChI is InChI=1S/C18H24N6O4S/c1-11-17(24(27)28)29-18(21-11)23-16(26)14-7-6-13(10-15(14)22-12(2)25)20-9-5-3-4-8-19/h6-7,10,20H,3-5,8-9,19H2,1-2H3,(H,22,25)(H,21,23,26). The Morgan fingerprint density at radius 1 is 1.24 bits per heavy atom. The number of nitrogens with zero attached hydrogens (tertiary/aromatic N) is 2. The molecule has 10 nitrogen and oxygen atoms in total. The van der Waals surface area contributed by atoms with Crippen LogP contribution in [0.25, 0.3) is 0 Å². The van der Waals surface area contributed by atoms with Gasteiger partial charge in [-0.1, -0.05) is 6.42 Å². The summed E-state index contributed by atoms with van der Waals surface area (Å²) >= 11 is 0.780. The van der Waals surface area contributed by atoms with Crippen LogP contribution in [0.15, 0.2) is 18.2 Å². The van der Waals surface area contributed by atoms with Crippen LogP contribution in [0.1, 0.15) is 42.2 Å². The minimum absolute atomic E-state index is 0.120. The molecule has 1 heterocycles. The van der Waals surface area contributed by atoms with Crippen LogP contribution in [0.5, 0.6) is 0 Å². The Morgan fingerprint density at radius 2 is 2.00 bits per heavy atom. The number of rotatable bonds is 10. The zero-order valence-corrected chi connectivity index (χ0v) is 17.1. The smallest absolute Gasteiger partial charge is 0.348 e. The number of amides is 2. The number of nitrogens with two attached hydrogens (primary N) is 1. The lowest BCUT2D eigenvalue weighted by molar-refractivity contribution is -0.380. The zero-order valence-electron chi connectivity index (χ0n) is 16.3. The number of unbranched alkanes of at least 4 members (excludes halogenated alkanes) is 2. The van der Waals surface area contributed by atoms with E-state index in [0.29, 0.717) is 12.2 Å². The number of carbonyl (C=O) groups is 2. The molecule has 156 valence electrons. The molecule has 11 heteroatoms. The maximum atomic E-state index is 12.7. The summed E-state index contributed by atoms with van der Waals surface area (Å²) in [5, 5.41) is 19.4.